The van der Waals surface area contributed by atoms with Gasteiger partial charge in [-0.15, -0.1) is 0 Å². The fourth-order valence-electron chi connectivity index (χ4n) is 1.89. The van der Waals surface area contributed by atoms with Crippen molar-refractivity contribution in [3.8, 4) is 6.07 Å². The van der Waals surface area contributed by atoms with Gasteiger partial charge in [-0.1, -0.05) is 18.2 Å². The molecular weight excluding hydrogens is 176 g/mol. The SMILES string of the molecule is CC1=CC2(C#N)ON2c2ccccc21. The van der Waals surface area contributed by atoms with Crippen LogP contribution >= 0.6 is 0 Å². The van der Waals surface area contributed by atoms with Gasteiger partial charge < -0.3 is 0 Å². The van der Waals surface area contributed by atoms with E-state index in [0.29, 0.717) is 0 Å². The maximum atomic E-state index is 8.97. The van der Waals surface area contributed by atoms with Gasteiger partial charge in [0.25, 0.3) is 5.72 Å². The lowest BCUT2D eigenvalue weighted by atomic mass is 9.98. The summed E-state index contributed by atoms with van der Waals surface area (Å²) in [6.07, 6.45) is 1.86. The van der Waals surface area contributed by atoms with Gasteiger partial charge in [-0.3, -0.25) is 0 Å². The minimum absolute atomic E-state index is 0.821. The summed E-state index contributed by atoms with van der Waals surface area (Å²) in [6.45, 7) is 2.00. The quantitative estimate of drug-likeness (QED) is 0.579. The number of nitrogens with zero attached hydrogens (tertiary/aromatic N) is 2. The van der Waals surface area contributed by atoms with E-state index in [1.165, 1.54) is 0 Å². The molecule has 1 saturated heterocycles. The van der Waals surface area contributed by atoms with Crippen LogP contribution in [0.3, 0.4) is 0 Å². The smallest absolute Gasteiger partial charge is 0.218 e. The fourth-order valence-corrected chi connectivity index (χ4v) is 1.89. The first-order valence-corrected chi connectivity index (χ1v) is 4.46. The van der Waals surface area contributed by atoms with Crippen LogP contribution in [0.1, 0.15) is 12.5 Å². The van der Waals surface area contributed by atoms with Crippen molar-refractivity contribution in [2.45, 2.75) is 12.6 Å². The van der Waals surface area contributed by atoms with Crippen molar-refractivity contribution in [1.82, 2.24) is 0 Å². The van der Waals surface area contributed by atoms with Crippen LogP contribution in [0, 0.1) is 11.3 Å². The summed E-state index contributed by atoms with van der Waals surface area (Å²) in [7, 11) is 0. The van der Waals surface area contributed by atoms with Crippen molar-refractivity contribution in [2.75, 3.05) is 5.06 Å². The third kappa shape index (κ3) is 0.740. The van der Waals surface area contributed by atoms with Crippen LogP contribution in [-0.2, 0) is 4.84 Å². The van der Waals surface area contributed by atoms with Crippen molar-refractivity contribution >= 4 is 11.3 Å². The average molecular weight is 184 g/mol. The normalized spacial score (nSPS) is 27.1. The molecule has 3 heteroatoms. The lowest BCUT2D eigenvalue weighted by Gasteiger charge is -2.14. The molecule has 2 aliphatic rings. The Hall–Kier alpha value is -1.79. The second-order valence-electron chi connectivity index (χ2n) is 3.54. The molecule has 0 bridgehead atoms. The Kier molecular flexibility index (Phi) is 1.18. The Labute approximate surface area is 81.8 Å². The summed E-state index contributed by atoms with van der Waals surface area (Å²) < 4.78 is 0. The Morgan fingerprint density at radius 3 is 3.00 bits per heavy atom. The molecule has 14 heavy (non-hydrogen) atoms. The van der Waals surface area contributed by atoms with Crippen LogP contribution < -0.4 is 5.06 Å². The molecule has 0 N–H and O–H groups in total. The van der Waals surface area contributed by atoms with Crippen molar-refractivity contribution < 1.29 is 4.84 Å². The number of anilines is 1. The first-order chi connectivity index (χ1) is 6.77. The van der Waals surface area contributed by atoms with Crippen LogP contribution in [0.25, 0.3) is 5.57 Å². The van der Waals surface area contributed by atoms with E-state index in [0.717, 1.165) is 16.8 Å². The van der Waals surface area contributed by atoms with Gasteiger partial charge in [0.1, 0.15) is 6.07 Å². The predicted molar refractivity (Wildman–Crippen MR) is 52.0 cm³/mol. The molecule has 1 aromatic rings. The summed E-state index contributed by atoms with van der Waals surface area (Å²) in [4.78, 5) is 5.31. The molecular formula is C11H8N2O. The van der Waals surface area contributed by atoms with Crippen molar-refractivity contribution in [3.05, 3.63) is 35.9 Å². The predicted octanol–water partition coefficient (Wildman–Crippen LogP) is 2.07. The maximum Gasteiger partial charge on any atom is 0.296 e. The van der Waals surface area contributed by atoms with Gasteiger partial charge in [-0.05, 0) is 24.6 Å². The third-order valence-corrected chi connectivity index (χ3v) is 2.62. The minimum atomic E-state index is -0.821. The second-order valence-corrected chi connectivity index (χ2v) is 3.54. The van der Waals surface area contributed by atoms with E-state index in [-0.39, 0.29) is 0 Å². The van der Waals surface area contributed by atoms with Gasteiger partial charge in [0, 0.05) is 5.56 Å². The molecule has 2 heterocycles. The molecule has 1 atom stereocenters. The Bertz CT molecular complexity index is 486. The largest absolute Gasteiger partial charge is 0.296 e. The number of hydroxylamine groups is 1. The number of nitriles is 1. The standard InChI is InChI=1S/C11H8N2O/c1-8-6-11(7-12)13(14-11)10-5-3-2-4-9(8)10/h2-6H,1H3. The molecule has 3 rings (SSSR count). The zero-order chi connectivity index (χ0) is 9.76. The Morgan fingerprint density at radius 2 is 2.21 bits per heavy atom. The van der Waals surface area contributed by atoms with Gasteiger partial charge in [-0.25, -0.2) is 4.84 Å². The summed E-state index contributed by atoms with van der Waals surface area (Å²) >= 11 is 0. The van der Waals surface area contributed by atoms with Gasteiger partial charge in [0.2, 0.25) is 0 Å². The summed E-state index contributed by atoms with van der Waals surface area (Å²) in [5.74, 6) is 0. The van der Waals surface area contributed by atoms with E-state index in [1.807, 2.05) is 37.3 Å². The zero-order valence-electron chi connectivity index (χ0n) is 7.69. The molecule has 0 aromatic heterocycles. The molecule has 2 aliphatic heterocycles. The van der Waals surface area contributed by atoms with E-state index >= 15 is 0 Å². The molecule has 0 aliphatic carbocycles. The summed E-state index contributed by atoms with van der Waals surface area (Å²) in [5, 5.41) is 10.6. The number of rotatable bonds is 0. The Morgan fingerprint density at radius 1 is 1.43 bits per heavy atom. The molecule has 1 unspecified atom stereocenters. The van der Waals surface area contributed by atoms with E-state index in [1.54, 1.807) is 5.06 Å². The minimum Gasteiger partial charge on any atom is -0.218 e. The molecule has 0 radical (unpaired) electrons. The first kappa shape index (κ1) is 7.60. The van der Waals surface area contributed by atoms with Crippen LogP contribution in [-0.4, -0.2) is 5.72 Å². The summed E-state index contributed by atoms with van der Waals surface area (Å²) in [6, 6.07) is 10.1. The van der Waals surface area contributed by atoms with Crippen LogP contribution in [0.4, 0.5) is 5.69 Å². The van der Waals surface area contributed by atoms with E-state index in [2.05, 4.69) is 6.07 Å². The highest BCUT2D eigenvalue weighted by atomic mass is 16.9. The Balaban J connectivity index is 2.24. The molecule has 0 amide bonds. The maximum absolute atomic E-state index is 8.97. The fraction of sp³-hybridized carbons (Fsp3) is 0.182. The van der Waals surface area contributed by atoms with Gasteiger partial charge in [-0.2, -0.15) is 10.3 Å². The number of hydrogen-bond donors (Lipinski definition) is 0. The number of para-hydroxylation sites is 1. The van der Waals surface area contributed by atoms with E-state index < -0.39 is 5.72 Å². The highest BCUT2D eigenvalue weighted by molar-refractivity contribution is 5.83. The molecule has 1 aromatic carbocycles. The third-order valence-electron chi connectivity index (χ3n) is 2.62. The molecule has 0 saturated carbocycles. The van der Waals surface area contributed by atoms with Crippen molar-refractivity contribution in [2.24, 2.45) is 0 Å². The highest BCUT2D eigenvalue weighted by Gasteiger charge is 2.57. The van der Waals surface area contributed by atoms with Gasteiger partial charge >= 0.3 is 0 Å². The topological polar surface area (TPSA) is 39.3 Å². The number of fused-ring (bicyclic) bond motifs is 3. The van der Waals surface area contributed by atoms with E-state index in [9.17, 15) is 0 Å². The number of hydrogen-bond acceptors (Lipinski definition) is 3. The molecule has 1 fully saturated rings. The number of benzene rings is 1. The van der Waals surface area contributed by atoms with Gasteiger partial charge in [0.05, 0.1) is 5.69 Å². The van der Waals surface area contributed by atoms with Gasteiger partial charge in [0.15, 0.2) is 0 Å². The lowest BCUT2D eigenvalue weighted by Crippen LogP contribution is -2.17. The lowest BCUT2D eigenvalue weighted by molar-refractivity contribution is 0.388. The van der Waals surface area contributed by atoms with Crippen LogP contribution in [0.5, 0.6) is 0 Å². The highest BCUT2D eigenvalue weighted by Crippen LogP contribution is 2.48. The van der Waals surface area contributed by atoms with Crippen LogP contribution in [0.2, 0.25) is 0 Å². The second kappa shape index (κ2) is 2.17. The molecule has 3 nitrogen and oxygen atoms in total. The zero-order valence-corrected chi connectivity index (χ0v) is 7.69. The summed E-state index contributed by atoms with van der Waals surface area (Å²) in [5.41, 5.74) is 2.39. The monoisotopic (exact) mass is 184 g/mol. The number of allylic oxidation sites excluding steroid dienone is 1. The molecule has 0 spiro atoms. The first-order valence-electron chi connectivity index (χ1n) is 4.46. The molecule has 68 valence electrons. The van der Waals surface area contributed by atoms with Crippen molar-refractivity contribution in [1.29, 1.82) is 5.26 Å². The average Bonchev–Trinajstić information content (AvgIpc) is 2.94. The van der Waals surface area contributed by atoms with E-state index in [4.69, 9.17) is 10.1 Å². The van der Waals surface area contributed by atoms with Crippen molar-refractivity contribution in [3.63, 3.8) is 0 Å². The van der Waals surface area contributed by atoms with Crippen LogP contribution in [0.15, 0.2) is 30.3 Å².